The number of aromatic nitrogens is 2. The van der Waals surface area contributed by atoms with Crippen molar-refractivity contribution < 1.29 is 18.3 Å². The van der Waals surface area contributed by atoms with Crippen LogP contribution in [0.15, 0.2) is 29.4 Å². The predicted octanol–water partition coefficient (Wildman–Crippen LogP) is 1.05. The second-order valence-corrected chi connectivity index (χ2v) is 7.00. The summed E-state index contributed by atoms with van der Waals surface area (Å²) in [5.41, 5.74) is 0.503. The molecule has 2 aromatic rings. The molecule has 0 saturated carbocycles. The summed E-state index contributed by atoms with van der Waals surface area (Å²) in [4.78, 5) is 18.1. The number of pyridine rings is 1. The molecule has 0 bridgehead atoms. The van der Waals surface area contributed by atoms with Gasteiger partial charge < -0.3 is 10.1 Å². The van der Waals surface area contributed by atoms with Gasteiger partial charge in [-0.15, -0.1) is 0 Å². The lowest BCUT2D eigenvalue weighted by Gasteiger charge is -2.29. The van der Waals surface area contributed by atoms with Crippen LogP contribution >= 0.6 is 0 Å². The van der Waals surface area contributed by atoms with Crippen molar-refractivity contribution in [3.63, 3.8) is 0 Å². The highest BCUT2D eigenvalue weighted by atomic mass is 32.2. The first-order chi connectivity index (χ1) is 10.00. The fourth-order valence-corrected chi connectivity index (χ4v) is 4.32. The van der Waals surface area contributed by atoms with Gasteiger partial charge in [-0.3, -0.25) is 4.79 Å². The number of fused-ring (bicyclic) bond motifs is 1. The van der Waals surface area contributed by atoms with Crippen LogP contribution in [0.4, 0.5) is 0 Å². The number of hydrogen-bond acceptors (Lipinski definition) is 4. The molecule has 0 radical (unpaired) electrons. The normalized spacial score (nSPS) is 20.7. The number of carboxylic acid groups (broad SMARTS) is 1. The lowest BCUT2D eigenvalue weighted by Crippen LogP contribution is -2.42. The summed E-state index contributed by atoms with van der Waals surface area (Å²) < 4.78 is 26.7. The van der Waals surface area contributed by atoms with Gasteiger partial charge in [0.2, 0.25) is 10.0 Å². The van der Waals surface area contributed by atoms with Gasteiger partial charge in [0.1, 0.15) is 10.5 Å². The lowest BCUT2D eigenvalue weighted by atomic mass is 10.0. The standard InChI is InChI=1S/C13H15N3O4S/c17-13(18)9-3-2-6-16(8-9)21(19,20)11-7-15-12-10(11)4-1-5-14-12/h1,4-5,7,9H,2-3,6,8H2,(H,14,15)(H,17,18)/t9-/m1/s1. The van der Waals surface area contributed by atoms with E-state index in [0.29, 0.717) is 30.4 Å². The van der Waals surface area contributed by atoms with Gasteiger partial charge in [-0.25, -0.2) is 13.4 Å². The summed E-state index contributed by atoms with van der Waals surface area (Å²) in [6.07, 6.45) is 4.06. The summed E-state index contributed by atoms with van der Waals surface area (Å²) in [7, 11) is -3.71. The Bertz CT molecular complexity index is 784. The molecule has 0 aromatic carbocycles. The number of piperidine rings is 1. The minimum Gasteiger partial charge on any atom is -0.481 e. The Morgan fingerprint density at radius 3 is 3.05 bits per heavy atom. The van der Waals surface area contributed by atoms with Crippen molar-refractivity contribution >= 4 is 27.0 Å². The topological polar surface area (TPSA) is 103 Å². The van der Waals surface area contributed by atoms with Crippen molar-refractivity contribution in [3.05, 3.63) is 24.5 Å². The summed E-state index contributed by atoms with van der Waals surface area (Å²) in [6, 6.07) is 3.36. The van der Waals surface area contributed by atoms with E-state index >= 15 is 0 Å². The van der Waals surface area contributed by atoms with E-state index in [9.17, 15) is 13.2 Å². The van der Waals surface area contributed by atoms with E-state index in [-0.39, 0.29) is 11.4 Å². The molecule has 7 nitrogen and oxygen atoms in total. The first-order valence-electron chi connectivity index (χ1n) is 6.65. The van der Waals surface area contributed by atoms with Crippen molar-refractivity contribution in [3.8, 4) is 0 Å². The number of aromatic amines is 1. The largest absolute Gasteiger partial charge is 0.481 e. The lowest BCUT2D eigenvalue weighted by molar-refractivity contribution is -0.142. The Kier molecular flexibility index (Phi) is 3.42. The third-order valence-electron chi connectivity index (χ3n) is 3.76. The molecule has 1 saturated heterocycles. The molecule has 0 unspecified atom stereocenters. The van der Waals surface area contributed by atoms with Crippen LogP contribution in [0.5, 0.6) is 0 Å². The SMILES string of the molecule is O=C(O)[C@@H]1CCCN(S(=O)(=O)c2c[nH]c3ncccc23)C1. The average Bonchev–Trinajstić information content (AvgIpc) is 2.92. The predicted molar refractivity (Wildman–Crippen MR) is 75.2 cm³/mol. The smallest absolute Gasteiger partial charge is 0.307 e. The molecule has 0 aliphatic carbocycles. The van der Waals surface area contributed by atoms with Crippen molar-refractivity contribution in [1.29, 1.82) is 0 Å². The van der Waals surface area contributed by atoms with E-state index in [4.69, 9.17) is 5.11 Å². The van der Waals surface area contributed by atoms with Gasteiger partial charge in [-0.2, -0.15) is 4.31 Å². The fraction of sp³-hybridized carbons (Fsp3) is 0.385. The minimum atomic E-state index is -3.71. The van der Waals surface area contributed by atoms with Crippen LogP contribution in [0.2, 0.25) is 0 Å². The number of H-pyrrole nitrogens is 1. The van der Waals surface area contributed by atoms with Crippen molar-refractivity contribution in [1.82, 2.24) is 14.3 Å². The summed E-state index contributed by atoms with van der Waals surface area (Å²) in [5.74, 6) is -1.59. The Morgan fingerprint density at radius 1 is 1.48 bits per heavy atom. The molecule has 8 heteroatoms. The van der Waals surface area contributed by atoms with Gasteiger partial charge >= 0.3 is 5.97 Å². The molecule has 3 rings (SSSR count). The Balaban J connectivity index is 1.98. The molecule has 1 aliphatic heterocycles. The highest BCUT2D eigenvalue weighted by Crippen LogP contribution is 2.28. The van der Waals surface area contributed by atoms with Crippen LogP contribution in [0.25, 0.3) is 11.0 Å². The van der Waals surface area contributed by atoms with Crippen molar-refractivity contribution in [2.75, 3.05) is 13.1 Å². The van der Waals surface area contributed by atoms with Gasteiger partial charge in [0.05, 0.1) is 5.92 Å². The molecular formula is C13H15N3O4S. The number of sulfonamides is 1. The van der Waals surface area contributed by atoms with E-state index in [2.05, 4.69) is 9.97 Å². The maximum Gasteiger partial charge on any atom is 0.307 e. The quantitative estimate of drug-likeness (QED) is 0.882. The third-order valence-corrected chi connectivity index (χ3v) is 5.67. The molecule has 112 valence electrons. The number of aliphatic carboxylic acids is 1. The molecule has 0 spiro atoms. The van der Waals surface area contributed by atoms with E-state index in [1.807, 2.05) is 0 Å². The first kappa shape index (κ1) is 14.0. The van der Waals surface area contributed by atoms with Gasteiger partial charge in [0.25, 0.3) is 0 Å². The number of nitrogens with zero attached hydrogens (tertiary/aromatic N) is 2. The van der Waals surface area contributed by atoms with Crippen LogP contribution < -0.4 is 0 Å². The van der Waals surface area contributed by atoms with Crippen LogP contribution in [0.1, 0.15) is 12.8 Å². The number of hydrogen-bond donors (Lipinski definition) is 2. The molecule has 2 N–H and O–H groups in total. The van der Waals surface area contributed by atoms with Crippen LogP contribution in [-0.4, -0.2) is 46.9 Å². The summed E-state index contributed by atoms with van der Waals surface area (Å²) in [6.45, 7) is 0.365. The maximum absolute atomic E-state index is 12.7. The van der Waals surface area contributed by atoms with Crippen molar-refractivity contribution in [2.45, 2.75) is 17.7 Å². The molecule has 1 atom stereocenters. The van der Waals surface area contributed by atoms with E-state index in [0.717, 1.165) is 0 Å². The number of carbonyl (C=O) groups is 1. The Hall–Kier alpha value is -1.93. The van der Waals surface area contributed by atoms with Gasteiger partial charge in [0.15, 0.2) is 0 Å². The second kappa shape index (κ2) is 5.12. The molecule has 21 heavy (non-hydrogen) atoms. The first-order valence-corrected chi connectivity index (χ1v) is 8.09. The number of carboxylic acids is 1. The van der Waals surface area contributed by atoms with Gasteiger partial charge in [-0.1, -0.05) is 0 Å². The third kappa shape index (κ3) is 2.40. The fourth-order valence-electron chi connectivity index (χ4n) is 2.65. The van der Waals surface area contributed by atoms with Crippen LogP contribution in [0, 0.1) is 5.92 Å². The highest BCUT2D eigenvalue weighted by Gasteiger charge is 2.34. The zero-order chi connectivity index (χ0) is 15.0. The average molecular weight is 309 g/mol. The van der Waals surface area contributed by atoms with Crippen LogP contribution in [0.3, 0.4) is 0 Å². The Morgan fingerprint density at radius 2 is 2.29 bits per heavy atom. The molecule has 0 amide bonds. The zero-order valence-corrected chi connectivity index (χ0v) is 12.0. The Labute approximate surface area is 121 Å². The maximum atomic E-state index is 12.7. The van der Waals surface area contributed by atoms with Crippen LogP contribution in [-0.2, 0) is 14.8 Å². The summed E-state index contributed by atoms with van der Waals surface area (Å²) in [5, 5.41) is 9.61. The second-order valence-electron chi connectivity index (χ2n) is 5.09. The van der Waals surface area contributed by atoms with Crippen molar-refractivity contribution in [2.24, 2.45) is 5.92 Å². The summed E-state index contributed by atoms with van der Waals surface area (Å²) >= 11 is 0. The number of nitrogens with one attached hydrogen (secondary N) is 1. The van der Waals surface area contributed by atoms with E-state index in [1.54, 1.807) is 18.3 Å². The van der Waals surface area contributed by atoms with E-state index < -0.39 is 21.9 Å². The minimum absolute atomic E-state index is 0.0185. The zero-order valence-electron chi connectivity index (χ0n) is 11.2. The molecular weight excluding hydrogens is 294 g/mol. The molecule has 1 aliphatic rings. The molecule has 2 aromatic heterocycles. The monoisotopic (exact) mass is 309 g/mol. The van der Waals surface area contributed by atoms with Gasteiger partial charge in [0, 0.05) is 30.9 Å². The molecule has 3 heterocycles. The van der Waals surface area contributed by atoms with E-state index in [1.165, 1.54) is 10.5 Å². The number of rotatable bonds is 3. The highest BCUT2D eigenvalue weighted by molar-refractivity contribution is 7.89. The van der Waals surface area contributed by atoms with Gasteiger partial charge in [-0.05, 0) is 25.0 Å². The molecule has 1 fully saturated rings.